The standard InChI is InChI=1S/C20H22N2O4/c23-19(24)15-18(21-11-13-26-14-12-21)20(25)22(16-7-3-1-4-8-16)17-9-5-2-6-10-17/h1-10,18H,11-15H2,(H,23,24)/t18-/m1/s1. The van der Waals surface area contributed by atoms with E-state index in [9.17, 15) is 14.7 Å². The number of carboxylic acid groups (broad SMARTS) is 1. The van der Waals surface area contributed by atoms with Gasteiger partial charge in [0.2, 0.25) is 0 Å². The molecule has 1 aliphatic rings. The van der Waals surface area contributed by atoms with Gasteiger partial charge in [-0.1, -0.05) is 36.4 Å². The fraction of sp³-hybridized carbons (Fsp3) is 0.300. The van der Waals surface area contributed by atoms with Gasteiger partial charge in [0.1, 0.15) is 13.1 Å². The number of carbonyl (C=O) groups is 2. The van der Waals surface area contributed by atoms with Crippen molar-refractivity contribution in [2.24, 2.45) is 0 Å². The molecule has 2 aromatic carbocycles. The number of para-hydroxylation sites is 2. The van der Waals surface area contributed by atoms with E-state index in [4.69, 9.17) is 4.74 Å². The lowest BCUT2D eigenvalue weighted by atomic mass is 10.1. The van der Waals surface area contributed by atoms with Crippen LogP contribution in [0.25, 0.3) is 0 Å². The molecule has 1 fully saturated rings. The van der Waals surface area contributed by atoms with Gasteiger partial charge in [-0.3, -0.25) is 9.69 Å². The maximum absolute atomic E-state index is 13.5. The highest BCUT2D eigenvalue weighted by Crippen LogP contribution is 2.25. The van der Waals surface area contributed by atoms with Crippen LogP contribution in [0, 0.1) is 0 Å². The third-order valence-electron chi connectivity index (χ3n) is 4.55. The number of morpholine rings is 1. The summed E-state index contributed by atoms with van der Waals surface area (Å²) in [5.41, 5.74) is 1.42. The zero-order valence-electron chi connectivity index (χ0n) is 14.5. The molecule has 6 nitrogen and oxygen atoms in total. The molecule has 1 aliphatic heterocycles. The van der Waals surface area contributed by atoms with Crippen LogP contribution in [-0.4, -0.2) is 44.2 Å². The second-order valence-corrected chi connectivity index (χ2v) is 6.24. The van der Waals surface area contributed by atoms with Crippen molar-refractivity contribution in [1.82, 2.24) is 0 Å². The van der Waals surface area contributed by atoms with Gasteiger partial charge in [-0.2, -0.15) is 0 Å². The summed E-state index contributed by atoms with van der Waals surface area (Å²) in [5.74, 6) is -1.47. The quantitative estimate of drug-likeness (QED) is 0.778. The monoisotopic (exact) mass is 354 g/mol. The van der Waals surface area contributed by atoms with Crippen LogP contribution in [0.2, 0.25) is 0 Å². The molecule has 0 bridgehead atoms. The van der Waals surface area contributed by atoms with Crippen LogP contribution in [-0.2, 0) is 14.3 Å². The number of carbonyl (C=O) groups excluding carboxylic acids is 2. The van der Waals surface area contributed by atoms with Gasteiger partial charge in [0, 0.05) is 23.8 Å². The lowest BCUT2D eigenvalue weighted by molar-refractivity contribution is -0.923. The highest BCUT2D eigenvalue weighted by atomic mass is 16.5. The van der Waals surface area contributed by atoms with Crippen molar-refractivity contribution in [3.8, 4) is 0 Å². The second kappa shape index (κ2) is 8.60. The lowest BCUT2D eigenvalue weighted by Gasteiger charge is -2.34. The number of amides is 1. The van der Waals surface area contributed by atoms with Gasteiger partial charge in [-0.15, -0.1) is 0 Å². The van der Waals surface area contributed by atoms with E-state index in [1.54, 1.807) is 4.90 Å². The minimum absolute atomic E-state index is 0.247. The topological polar surface area (TPSA) is 74.1 Å². The van der Waals surface area contributed by atoms with Gasteiger partial charge in [-0.25, -0.2) is 0 Å². The molecule has 0 saturated carbocycles. The molecule has 0 radical (unpaired) electrons. The summed E-state index contributed by atoms with van der Waals surface area (Å²) in [6, 6.07) is 17.8. The Bertz CT molecular complexity index is 690. The smallest absolute Gasteiger partial charge is 0.290 e. The minimum atomic E-state index is -1.22. The molecular weight excluding hydrogens is 332 g/mol. The van der Waals surface area contributed by atoms with Gasteiger partial charge < -0.3 is 19.5 Å². The summed E-state index contributed by atoms with van der Waals surface area (Å²) in [6.07, 6.45) is -0.315. The fourth-order valence-electron chi connectivity index (χ4n) is 3.27. The molecule has 26 heavy (non-hydrogen) atoms. The highest BCUT2D eigenvalue weighted by molar-refractivity contribution is 6.03. The van der Waals surface area contributed by atoms with Crippen molar-refractivity contribution in [2.75, 3.05) is 31.2 Å². The molecule has 0 aliphatic carbocycles. The average Bonchev–Trinajstić information content (AvgIpc) is 2.68. The average molecular weight is 354 g/mol. The summed E-state index contributed by atoms with van der Waals surface area (Å²) in [6.45, 7) is 2.23. The number of hydrogen-bond acceptors (Lipinski definition) is 4. The molecule has 1 N–H and O–H groups in total. The Kier molecular flexibility index (Phi) is 5.99. The first-order chi connectivity index (χ1) is 12.7. The van der Waals surface area contributed by atoms with Crippen LogP contribution in [0.5, 0.6) is 0 Å². The normalized spacial score (nSPS) is 16.0. The molecule has 3 rings (SSSR count). The molecule has 1 saturated heterocycles. The van der Waals surface area contributed by atoms with Crippen LogP contribution < -0.4 is 14.9 Å². The number of carboxylic acids is 1. The SMILES string of the molecule is O=C([O-])C[C@H](C(=O)N(c1ccccc1)c1ccccc1)[NH+]1CCOCC1. The molecule has 1 atom stereocenters. The summed E-state index contributed by atoms with van der Waals surface area (Å²) >= 11 is 0. The number of nitrogens with one attached hydrogen (secondary N) is 1. The Morgan fingerprint density at radius 3 is 1.92 bits per heavy atom. The van der Waals surface area contributed by atoms with Crippen molar-refractivity contribution in [3.63, 3.8) is 0 Å². The van der Waals surface area contributed by atoms with Crippen molar-refractivity contribution < 1.29 is 24.3 Å². The number of benzene rings is 2. The molecular formula is C20H22N2O4. The van der Waals surface area contributed by atoms with Crippen molar-refractivity contribution >= 4 is 23.3 Å². The summed E-state index contributed by atoms with van der Waals surface area (Å²) in [5, 5.41) is 11.3. The Balaban J connectivity index is 1.97. The summed E-state index contributed by atoms with van der Waals surface area (Å²) < 4.78 is 5.36. The van der Waals surface area contributed by atoms with E-state index in [-0.39, 0.29) is 12.3 Å². The van der Waals surface area contributed by atoms with E-state index >= 15 is 0 Å². The molecule has 136 valence electrons. The maximum Gasteiger partial charge on any atom is 0.290 e. The number of nitrogens with zero attached hydrogens (tertiary/aromatic N) is 1. The highest BCUT2D eigenvalue weighted by Gasteiger charge is 2.35. The van der Waals surface area contributed by atoms with E-state index < -0.39 is 12.0 Å². The lowest BCUT2D eigenvalue weighted by Crippen LogP contribution is -3.19. The first-order valence-electron chi connectivity index (χ1n) is 8.73. The summed E-state index contributed by atoms with van der Waals surface area (Å²) in [4.78, 5) is 27.3. The van der Waals surface area contributed by atoms with E-state index in [1.165, 1.54) is 0 Å². The predicted molar refractivity (Wildman–Crippen MR) is 95.0 cm³/mol. The van der Waals surface area contributed by atoms with E-state index in [1.807, 2.05) is 60.7 Å². The largest absolute Gasteiger partial charge is 0.550 e. The van der Waals surface area contributed by atoms with E-state index in [0.717, 1.165) is 4.90 Å². The van der Waals surface area contributed by atoms with Gasteiger partial charge in [0.15, 0.2) is 6.04 Å². The predicted octanol–water partition coefficient (Wildman–Crippen LogP) is -0.225. The van der Waals surface area contributed by atoms with Crippen LogP contribution in [0.15, 0.2) is 60.7 Å². The van der Waals surface area contributed by atoms with Gasteiger partial charge in [0.25, 0.3) is 5.91 Å². The number of ether oxygens (including phenoxy) is 1. The fourth-order valence-corrected chi connectivity index (χ4v) is 3.27. The van der Waals surface area contributed by atoms with Crippen molar-refractivity contribution in [1.29, 1.82) is 0 Å². The zero-order chi connectivity index (χ0) is 18.4. The number of aliphatic carboxylic acids is 1. The van der Waals surface area contributed by atoms with Gasteiger partial charge >= 0.3 is 0 Å². The molecule has 0 unspecified atom stereocenters. The summed E-state index contributed by atoms with van der Waals surface area (Å²) in [7, 11) is 0. The van der Waals surface area contributed by atoms with Gasteiger partial charge in [0.05, 0.1) is 13.2 Å². The van der Waals surface area contributed by atoms with E-state index in [2.05, 4.69) is 0 Å². The number of rotatable bonds is 6. The molecule has 0 spiro atoms. The first kappa shape index (κ1) is 18.1. The van der Waals surface area contributed by atoms with Crippen LogP contribution in [0.1, 0.15) is 6.42 Å². The number of anilines is 2. The van der Waals surface area contributed by atoms with Gasteiger partial charge in [-0.05, 0) is 24.3 Å². The van der Waals surface area contributed by atoms with E-state index in [0.29, 0.717) is 37.7 Å². The third-order valence-corrected chi connectivity index (χ3v) is 4.55. The number of hydrogen-bond donors (Lipinski definition) is 1. The molecule has 1 amide bonds. The van der Waals surface area contributed by atoms with Crippen LogP contribution >= 0.6 is 0 Å². The second-order valence-electron chi connectivity index (χ2n) is 6.24. The Morgan fingerprint density at radius 2 is 1.46 bits per heavy atom. The third kappa shape index (κ3) is 4.28. The Hall–Kier alpha value is -2.70. The Labute approximate surface area is 152 Å². The molecule has 6 heteroatoms. The first-order valence-corrected chi connectivity index (χ1v) is 8.73. The zero-order valence-corrected chi connectivity index (χ0v) is 14.5. The van der Waals surface area contributed by atoms with Crippen LogP contribution in [0.4, 0.5) is 11.4 Å². The molecule has 2 aromatic rings. The Morgan fingerprint density at radius 1 is 0.962 bits per heavy atom. The van der Waals surface area contributed by atoms with Crippen LogP contribution in [0.3, 0.4) is 0 Å². The molecule has 1 heterocycles. The number of quaternary nitrogens is 1. The molecule has 0 aromatic heterocycles. The minimum Gasteiger partial charge on any atom is -0.550 e. The van der Waals surface area contributed by atoms with Crippen molar-refractivity contribution in [3.05, 3.63) is 60.7 Å². The van der Waals surface area contributed by atoms with Crippen molar-refractivity contribution in [2.45, 2.75) is 12.5 Å². The maximum atomic E-state index is 13.5.